The highest BCUT2D eigenvalue weighted by Gasteiger charge is 2.11. The molecule has 0 aliphatic rings. The zero-order valence-electron chi connectivity index (χ0n) is 13.5. The maximum absolute atomic E-state index is 11.6. The molecule has 0 heterocycles. The highest BCUT2D eigenvalue weighted by Crippen LogP contribution is 2.13. The fourth-order valence-electron chi connectivity index (χ4n) is 2.08. The zero-order chi connectivity index (χ0) is 15.9. The summed E-state index contributed by atoms with van der Waals surface area (Å²) in [6.45, 7) is 4.17. The largest absolute Gasteiger partial charge is 0.393 e. The van der Waals surface area contributed by atoms with Crippen molar-refractivity contribution in [3.63, 3.8) is 0 Å². The summed E-state index contributed by atoms with van der Waals surface area (Å²) in [5.74, 6) is 0.491. The number of unbranched alkanes of at least 4 members (excludes halogenated alkanes) is 6. The van der Waals surface area contributed by atoms with E-state index in [0.717, 1.165) is 12.8 Å². The van der Waals surface area contributed by atoms with Gasteiger partial charge < -0.3 is 10.4 Å². The van der Waals surface area contributed by atoms with Crippen LogP contribution >= 0.6 is 11.8 Å². The number of amides is 1. The minimum Gasteiger partial charge on any atom is -0.393 e. The quantitative estimate of drug-likeness (QED) is 0.512. The fourth-order valence-corrected chi connectivity index (χ4v) is 2.82. The highest BCUT2D eigenvalue weighted by atomic mass is 32.2. The second kappa shape index (κ2) is 14.4. The lowest BCUT2D eigenvalue weighted by atomic mass is 10.1. The summed E-state index contributed by atoms with van der Waals surface area (Å²) in [6, 6.07) is 0. The van der Waals surface area contributed by atoms with E-state index in [9.17, 15) is 14.7 Å². The molecule has 0 saturated heterocycles. The monoisotopic (exact) mass is 317 g/mol. The van der Waals surface area contributed by atoms with E-state index >= 15 is 0 Å². The van der Waals surface area contributed by atoms with Gasteiger partial charge in [0.05, 0.1) is 6.10 Å². The van der Waals surface area contributed by atoms with Crippen molar-refractivity contribution in [3.8, 4) is 0 Å². The molecule has 0 aromatic rings. The number of hydrogen-bond acceptors (Lipinski definition) is 4. The molecule has 21 heavy (non-hydrogen) atoms. The smallest absolute Gasteiger partial charge is 0.216 e. The Labute approximate surface area is 133 Å². The highest BCUT2D eigenvalue weighted by molar-refractivity contribution is 8.13. The van der Waals surface area contributed by atoms with Crippen molar-refractivity contribution < 1.29 is 14.7 Å². The van der Waals surface area contributed by atoms with Crippen LogP contribution in [-0.2, 0) is 9.59 Å². The maximum Gasteiger partial charge on any atom is 0.216 e. The van der Waals surface area contributed by atoms with Crippen LogP contribution in [0.15, 0.2) is 0 Å². The van der Waals surface area contributed by atoms with Crippen molar-refractivity contribution in [2.45, 2.75) is 77.7 Å². The van der Waals surface area contributed by atoms with Gasteiger partial charge in [-0.3, -0.25) is 9.59 Å². The Morgan fingerprint density at radius 3 is 2.33 bits per heavy atom. The van der Waals surface area contributed by atoms with E-state index in [1.807, 2.05) is 0 Å². The first-order chi connectivity index (χ1) is 10.1. The number of carbonyl (C=O) groups is 2. The summed E-state index contributed by atoms with van der Waals surface area (Å²) in [5, 5.41) is 12.5. The van der Waals surface area contributed by atoms with Gasteiger partial charge in [0.15, 0.2) is 5.12 Å². The van der Waals surface area contributed by atoms with Gasteiger partial charge in [0.2, 0.25) is 5.91 Å². The first-order valence-corrected chi connectivity index (χ1v) is 9.13. The van der Waals surface area contributed by atoms with E-state index < -0.39 is 6.10 Å². The van der Waals surface area contributed by atoms with E-state index in [0.29, 0.717) is 18.7 Å². The summed E-state index contributed by atoms with van der Waals surface area (Å²) in [7, 11) is 0. The molecule has 4 nitrogen and oxygen atoms in total. The van der Waals surface area contributed by atoms with Crippen LogP contribution < -0.4 is 5.32 Å². The lowest BCUT2D eigenvalue weighted by molar-refractivity contribution is -0.119. The van der Waals surface area contributed by atoms with Crippen LogP contribution in [-0.4, -0.2) is 34.5 Å². The van der Waals surface area contributed by atoms with Gasteiger partial charge in [0, 0.05) is 25.6 Å². The predicted molar refractivity (Wildman–Crippen MR) is 89.4 cm³/mol. The molecule has 124 valence electrons. The van der Waals surface area contributed by atoms with Gasteiger partial charge in [-0.1, -0.05) is 63.6 Å². The standard InChI is InChI=1S/C16H31NO3S/c1-3-4-5-6-7-8-9-10-15(19)13-16(20)21-12-11-17-14(2)18/h15,19H,3-13H2,1-2H3,(H,17,18)/t15-/m1/s1. The SMILES string of the molecule is CCCCCCCCC[C@@H](O)CC(=O)SCCNC(C)=O. The second-order valence-corrected chi connectivity index (χ2v) is 6.62. The van der Waals surface area contributed by atoms with Gasteiger partial charge >= 0.3 is 0 Å². The van der Waals surface area contributed by atoms with E-state index in [-0.39, 0.29) is 17.4 Å². The average Bonchev–Trinajstić information content (AvgIpc) is 2.42. The van der Waals surface area contributed by atoms with Crippen LogP contribution in [0.1, 0.15) is 71.6 Å². The number of aliphatic hydroxyl groups is 1. The molecule has 0 aromatic heterocycles. The minimum atomic E-state index is -0.513. The molecule has 2 N–H and O–H groups in total. The second-order valence-electron chi connectivity index (χ2n) is 5.47. The molecule has 0 aliphatic carbocycles. The Kier molecular flexibility index (Phi) is 14.0. The molecule has 0 spiro atoms. The van der Waals surface area contributed by atoms with Crippen LogP contribution in [0.5, 0.6) is 0 Å². The summed E-state index contributed by atoms with van der Waals surface area (Å²) < 4.78 is 0. The van der Waals surface area contributed by atoms with Crippen LogP contribution in [0.4, 0.5) is 0 Å². The molecule has 0 saturated carbocycles. The third-order valence-electron chi connectivity index (χ3n) is 3.28. The molecule has 0 radical (unpaired) electrons. The van der Waals surface area contributed by atoms with E-state index in [1.54, 1.807) is 0 Å². The Morgan fingerprint density at radius 1 is 1.10 bits per heavy atom. The van der Waals surface area contributed by atoms with Crippen molar-refractivity contribution in [3.05, 3.63) is 0 Å². The van der Waals surface area contributed by atoms with E-state index in [2.05, 4.69) is 12.2 Å². The first kappa shape index (κ1) is 20.5. The van der Waals surface area contributed by atoms with Gasteiger partial charge in [0.1, 0.15) is 0 Å². The maximum atomic E-state index is 11.6. The number of hydrogen-bond donors (Lipinski definition) is 2. The summed E-state index contributed by atoms with van der Waals surface area (Å²) in [6.07, 6.45) is 8.96. The lowest BCUT2D eigenvalue weighted by Crippen LogP contribution is -2.23. The molecule has 0 aliphatic heterocycles. The number of aliphatic hydroxyl groups excluding tert-OH is 1. The minimum absolute atomic E-state index is 0.01000. The molecule has 0 aromatic carbocycles. The van der Waals surface area contributed by atoms with Gasteiger partial charge in [-0.05, 0) is 6.42 Å². The Bertz CT molecular complexity index is 285. The number of thioether (sulfide) groups is 1. The third-order valence-corrected chi connectivity index (χ3v) is 4.18. The Morgan fingerprint density at radius 2 is 1.71 bits per heavy atom. The van der Waals surface area contributed by atoms with Gasteiger partial charge in [0.25, 0.3) is 0 Å². The van der Waals surface area contributed by atoms with Crippen molar-refractivity contribution in [1.29, 1.82) is 0 Å². The van der Waals surface area contributed by atoms with Crippen LogP contribution in [0.25, 0.3) is 0 Å². The molecule has 1 atom stereocenters. The molecule has 0 bridgehead atoms. The van der Waals surface area contributed by atoms with Crippen molar-refractivity contribution in [2.24, 2.45) is 0 Å². The fraction of sp³-hybridized carbons (Fsp3) is 0.875. The predicted octanol–water partition coefficient (Wildman–Crippen LogP) is 3.27. The first-order valence-electron chi connectivity index (χ1n) is 8.14. The molecule has 0 fully saturated rings. The number of carbonyl (C=O) groups excluding carboxylic acids is 2. The van der Waals surface area contributed by atoms with Crippen molar-refractivity contribution in [1.82, 2.24) is 5.32 Å². The van der Waals surface area contributed by atoms with Crippen LogP contribution in [0.2, 0.25) is 0 Å². The van der Waals surface area contributed by atoms with Gasteiger partial charge in [-0.25, -0.2) is 0 Å². The molecule has 1 amide bonds. The summed E-state index contributed by atoms with van der Waals surface area (Å²) in [5.41, 5.74) is 0. The van der Waals surface area contributed by atoms with Crippen LogP contribution in [0.3, 0.4) is 0 Å². The molecule has 0 unspecified atom stereocenters. The zero-order valence-corrected chi connectivity index (χ0v) is 14.3. The molecular formula is C16H31NO3S. The van der Waals surface area contributed by atoms with E-state index in [1.165, 1.54) is 50.8 Å². The van der Waals surface area contributed by atoms with Gasteiger partial charge in [-0.15, -0.1) is 0 Å². The molecule has 5 heteroatoms. The normalized spacial score (nSPS) is 12.1. The Balaban J connectivity index is 3.41. The molecule has 0 rings (SSSR count). The van der Waals surface area contributed by atoms with Gasteiger partial charge in [-0.2, -0.15) is 0 Å². The summed E-state index contributed by atoms with van der Waals surface area (Å²) in [4.78, 5) is 22.2. The number of nitrogens with one attached hydrogen (secondary N) is 1. The average molecular weight is 317 g/mol. The lowest BCUT2D eigenvalue weighted by Gasteiger charge is -2.09. The molecular weight excluding hydrogens is 286 g/mol. The van der Waals surface area contributed by atoms with Crippen LogP contribution in [0, 0.1) is 0 Å². The topological polar surface area (TPSA) is 66.4 Å². The van der Waals surface area contributed by atoms with Crippen molar-refractivity contribution in [2.75, 3.05) is 12.3 Å². The Hall–Kier alpha value is -0.550. The van der Waals surface area contributed by atoms with Crippen molar-refractivity contribution >= 4 is 22.8 Å². The third kappa shape index (κ3) is 15.7. The number of rotatable bonds is 13. The van der Waals surface area contributed by atoms with E-state index in [4.69, 9.17) is 0 Å². The summed E-state index contributed by atoms with van der Waals surface area (Å²) >= 11 is 1.19.